The molecule has 0 saturated carbocycles. The van der Waals surface area contributed by atoms with Gasteiger partial charge in [-0.2, -0.15) is 0 Å². The van der Waals surface area contributed by atoms with Crippen molar-refractivity contribution in [2.24, 2.45) is 5.92 Å². The van der Waals surface area contributed by atoms with Crippen molar-refractivity contribution in [1.82, 2.24) is 4.98 Å². The average Bonchev–Trinajstić information content (AvgIpc) is 2.54. The van der Waals surface area contributed by atoms with Crippen LogP contribution in [0.5, 0.6) is 0 Å². The molecular formula is C19H21NS. The molecule has 0 radical (unpaired) electrons. The monoisotopic (exact) mass is 295 g/mol. The first-order chi connectivity index (χ1) is 10.4. The molecular weight excluding hydrogens is 274 g/mol. The van der Waals surface area contributed by atoms with Gasteiger partial charge in [0.15, 0.2) is 0 Å². The zero-order valence-electron chi connectivity index (χ0n) is 12.2. The Bertz CT molecular complexity index is 548. The predicted octanol–water partition coefficient (Wildman–Crippen LogP) is 5.51. The van der Waals surface area contributed by atoms with Gasteiger partial charge >= 0.3 is 0 Å². The van der Waals surface area contributed by atoms with Gasteiger partial charge in [-0.1, -0.05) is 60.3 Å². The van der Waals surface area contributed by atoms with E-state index in [2.05, 4.69) is 53.4 Å². The molecule has 2 heteroatoms. The zero-order valence-corrected chi connectivity index (χ0v) is 13.0. The lowest BCUT2D eigenvalue weighted by Crippen LogP contribution is -1.97. The number of allylic oxidation sites excluding steroid dienone is 2. The molecule has 0 amide bonds. The fourth-order valence-corrected chi connectivity index (χ4v) is 2.86. The third kappa shape index (κ3) is 6.01. The summed E-state index contributed by atoms with van der Waals surface area (Å²) in [6, 6.07) is 16.6. The number of thioether (sulfide) groups is 1. The van der Waals surface area contributed by atoms with Crippen LogP contribution in [0.2, 0.25) is 0 Å². The molecule has 1 heterocycles. The molecule has 21 heavy (non-hydrogen) atoms. The van der Waals surface area contributed by atoms with Gasteiger partial charge in [-0.3, -0.25) is 0 Å². The lowest BCUT2D eigenvalue weighted by atomic mass is 9.97. The molecule has 1 aromatic carbocycles. The van der Waals surface area contributed by atoms with Crippen LogP contribution in [0.3, 0.4) is 0 Å². The molecule has 2 rings (SSSR count). The number of nitrogens with zero attached hydrogens (tertiary/aromatic N) is 1. The van der Waals surface area contributed by atoms with Crippen LogP contribution in [0.4, 0.5) is 0 Å². The minimum atomic E-state index is 0.541. The lowest BCUT2D eigenvalue weighted by molar-refractivity contribution is 0.600. The summed E-state index contributed by atoms with van der Waals surface area (Å²) in [5, 5.41) is 3.19. The molecule has 1 unspecified atom stereocenters. The van der Waals surface area contributed by atoms with Crippen LogP contribution in [0.15, 0.2) is 83.9 Å². The first-order valence-electron chi connectivity index (χ1n) is 7.27. The van der Waals surface area contributed by atoms with E-state index in [0.29, 0.717) is 5.92 Å². The zero-order chi connectivity index (χ0) is 14.8. The highest BCUT2D eigenvalue weighted by Crippen LogP contribution is 2.20. The van der Waals surface area contributed by atoms with Crippen LogP contribution in [0.1, 0.15) is 18.4 Å². The highest BCUT2D eigenvalue weighted by molar-refractivity contribution is 8.02. The summed E-state index contributed by atoms with van der Waals surface area (Å²) >= 11 is 1.67. The number of pyridine rings is 1. The van der Waals surface area contributed by atoms with Crippen molar-refractivity contribution >= 4 is 11.8 Å². The Balaban J connectivity index is 1.85. The van der Waals surface area contributed by atoms with Crippen molar-refractivity contribution in [2.45, 2.75) is 24.3 Å². The molecule has 1 nitrogen and oxygen atoms in total. The second kappa shape index (κ2) is 9.19. The van der Waals surface area contributed by atoms with Crippen molar-refractivity contribution in [3.05, 3.63) is 84.4 Å². The van der Waals surface area contributed by atoms with Crippen LogP contribution < -0.4 is 0 Å². The molecule has 1 aromatic heterocycles. The molecule has 2 aromatic rings. The van der Waals surface area contributed by atoms with Gasteiger partial charge in [0.05, 0.1) is 0 Å². The van der Waals surface area contributed by atoms with E-state index in [4.69, 9.17) is 0 Å². The van der Waals surface area contributed by atoms with E-state index in [1.165, 1.54) is 5.56 Å². The molecule has 108 valence electrons. The number of rotatable bonds is 8. The summed E-state index contributed by atoms with van der Waals surface area (Å²) in [5.41, 5.74) is 1.40. The van der Waals surface area contributed by atoms with Gasteiger partial charge in [0.25, 0.3) is 0 Å². The standard InChI is InChI=1S/C19H21NS/c1-2-8-17(12-13-18-9-4-3-5-10-18)14-16-21-19-11-6-7-15-20-19/h2-7,9-11,14-17H,1,8,12-13H2/b16-14+. The van der Waals surface area contributed by atoms with Gasteiger partial charge in [0, 0.05) is 6.20 Å². The van der Waals surface area contributed by atoms with E-state index in [-0.39, 0.29) is 0 Å². The number of aryl methyl sites for hydroxylation is 1. The number of hydrogen-bond donors (Lipinski definition) is 0. The third-order valence-corrected chi connectivity index (χ3v) is 4.07. The van der Waals surface area contributed by atoms with Crippen molar-refractivity contribution in [3.63, 3.8) is 0 Å². The normalized spacial score (nSPS) is 12.4. The van der Waals surface area contributed by atoms with Crippen LogP contribution in [-0.2, 0) is 6.42 Å². The van der Waals surface area contributed by atoms with E-state index in [9.17, 15) is 0 Å². The maximum atomic E-state index is 4.31. The summed E-state index contributed by atoms with van der Waals surface area (Å²) in [5.74, 6) is 0.541. The van der Waals surface area contributed by atoms with E-state index < -0.39 is 0 Å². The number of hydrogen-bond acceptors (Lipinski definition) is 2. The van der Waals surface area contributed by atoms with Gasteiger partial charge in [0.1, 0.15) is 5.03 Å². The smallest absolute Gasteiger partial charge is 0.100 e. The molecule has 0 saturated heterocycles. The van der Waals surface area contributed by atoms with E-state index >= 15 is 0 Å². The Morgan fingerprint density at radius 1 is 1.10 bits per heavy atom. The maximum Gasteiger partial charge on any atom is 0.100 e. The first-order valence-corrected chi connectivity index (χ1v) is 8.15. The van der Waals surface area contributed by atoms with Crippen LogP contribution in [0, 0.1) is 5.92 Å². The topological polar surface area (TPSA) is 12.9 Å². The van der Waals surface area contributed by atoms with E-state index in [1.807, 2.05) is 30.5 Å². The van der Waals surface area contributed by atoms with Gasteiger partial charge in [-0.05, 0) is 48.3 Å². The van der Waals surface area contributed by atoms with Crippen molar-refractivity contribution in [1.29, 1.82) is 0 Å². The summed E-state index contributed by atoms with van der Waals surface area (Å²) in [6.45, 7) is 3.87. The Kier molecular flexibility index (Phi) is 6.82. The Morgan fingerprint density at radius 3 is 2.62 bits per heavy atom. The van der Waals surface area contributed by atoms with E-state index in [0.717, 1.165) is 24.3 Å². The SMILES string of the molecule is C=CCC(/C=C/Sc1ccccn1)CCc1ccccc1. The predicted molar refractivity (Wildman–Crippen MR) is 92.3 cm³/mol. The van der Waals surface area contributed by atoms with Gasteiger partial charge in [0.2, 0.25) is 0 Å². The fraction of sp³-hybridized carbons (Fsp3) is 0.211. The second-order valence-corrected chi connectivity index (χ2v) is 5.85. The molecule has 0 aliphatic carbocycles. The van der Waals surface area contributed by atoms with Crippen molar-refractivity contribution in [2.75, 3.05) is 0 Å². The highest BCUT2D eigenvalue weighted by Gasteiger charge is 2.03. The highest BCUT2D eigenvalue weighted by atomic mass is 32.2. The van der Waals surface area contributed by atoms with Gasteiger partial charge in [-0.15, -0.1) is 6.58 Å². The minimum Gasteiger partial charge on any atom is -0.250 e. The lowest BCUT2D eigenvalue weighted by Gasteiger charge is -2.10. The average molecular weight is 295 g/mol. The molecule has 0 aliphatic rings. The second-order valence-electron chi connectivity index (χ2n) is 4.92. The first kappa shape index (κ1) is 15.6. The number of aromatic nitrogens is 1. The summed E-state index contributed by atoms with van der Waals surface area (Å²) in [6.07, 6.45) is 9.39. The quantitative estimate of drug-likeness (QED) is 0.470. The van der Waals surface area contributed by atoms with E-state index in [1.54, 1.807) is 11.8 Å². The van der Waals surface area contributed by atoms with Crippen LogP contribution in [0.25, 0.3) is 0 Å². The van der Waals surface area contributed by atoms with Crippen LogP contribution >= 0.6 is 11.8 Å². The van der Waals surface area contributed by atoms with Crippen LogP contribution in [-0.4, -0.2) is 4.98 Å². The molecule has 1 atom stereocenters. The Labute approximate surface area is 131 Å². The fourth-order valence-electron chi connectivity index (χ4n) is 2.14. The van der Waals surface area contributed by atoms with Crippen molar-refractivity contribution < 1.29 is 0 Å². The molecule has 0 aliphatic heterocycles. The summed E-state index contributed by atoms with van der Waals surface area (Å²) in [4.78, 5) is 4.31. The van der Waals surface area contributed by atoms with Gasteiger partial charge < -0.3 is 0 Å². The molecule has 0 bridgehead atoms. The third-order valence-electron chi connectivity index (χ3n) is 3.29. The number of benzene rings is 1. The molecule has 0 fully saturated rings. The Morgan fingerprint density at radius 2 is 1.90 bits per heavy atom. The maximum absolute atomic E-state index is 4.31. The largest absolute Gasteiger partial charge is 0.250 e. The summed E-state index contributed by atoms with van der Waals surface area (Å²) in [7, 11) is 0. The molecule has 0 N–H and O–H groups in total. The Hall–Kier alpha value is -1.80. The molecule has 0 spiro atoms. The van der Waals surface area contributed by atoms with Crippen molar-refractivity contribution in [3.8, 4) is 0 Å². The van der Waals surface area contributed by atoms with Gasteiger partial charge in [-0.25, -0.2) is 4.98 Å². The minimum absolute atomic E-state index is 0.541. The summed E-state index contributed by atoms with van der Waals surface area (Å²) < 4.78 is 0.